The molecule has 0 fully saturated rings. The van der Waals surface area contributed by atoms with Gasteiger partial charge in [0, 0.05) is 5.52 Å². The third-order valence-electron chi connectivity index (χ3n) is 2.41. The molecule has 7 nitrogen and oxygen atoms in total. The van der Waals surface area contributed by atoms with E-state index in [1.807, 2.05) is 0 Å². The minimum atomic E-state index is -1.21. The Morgan fingerprint density at radius 3 is 2.30 bits per heavy atom. The SMILES string of the molecule is O=C(O)c1cc2ccccc2[nH]c1=O.OCC(O)CO. The van der Waals surface area contributed by atoms with Crippen molar-refractivity contribution in [3.05, 3.63) is 46.2 Å². The predicted molar refractivity (Wildman–Crippen MR) is 71.7 cm³/mol. The van der Waals surface area contributed by atoms with Crippen LogP contribution in [-0.4, -0.2) is 50.7 Å². The molecule has 0 bridgehead atoms. The van der Waals surface area contributed by atoms with E-state index < -0.39 is 17.6 Å². The lowest BCUT2D eigenvalue weighted by atomic mass is 10.1. The zero-order valence-electron chi connectivity index (χ0n) is 10.5. The van der Waals surface area contributed by atoms with Crippen LogP contribution in [0.25, 0.3) is 10.9 Å². The first-order chi connectivity index (χ1) is 9.49. The summed E-state index contributed by atoms with van der Waals surface area (Å²) >= 11 is 0. The Kier molecular flexibility index (Phi) is 5.85. The average molecular weight is 281 g/mol. The average Bonchev–Trinajstić information content (AvgIpc) is 2.46. The first-order valence-corrected chi connectivity index (χ1v) is 5.74. The number of pyridine rings is 1. The minimum absolute atomic E-state index is 0.233. The molecule has 0 aliphatic rings. The first kappa shape index (κ1) is 15.8. The van der Waals surface area contributed by atoms with Crippen LogP contribution in [0.1, 0.15) is 10.4 Å². The molecule has 0 amide bonds. The maximum Gasteiger partial charge on any atom is 0.341 e. The van der Waals surface area contributed by atoms with Gasteiger partial charge in [-0.3, -0.25) is 4.79 Å². The fraction of sp³-hybridized carbons (Fsp3) is 0.231. The summed E-state index contributed by atoms with van der Waals surface area (Å²) in [6, 6.07) is 8.40. The van der Waals surface area contributed by atoms with Crippen molar-refractivity contribution in [3.8, 4) is 0 Å². The fourth-order valence-corrected chi connectivity index (χ4v) is 1.36. The van der Waals surface area contributed by atoms with Crippen LogP contribution in [0.4, 0.5) is 0 Å². The molecule has 0 aliphatic carbocycles. The molecule has 20 heavy (non-hydrogen) atoms. The standard InChI is InChI=1S/C10H7NO3.C3H8O3/c12-9-7(10(13)14)5-6-3-1-2-4-8(6)11-9;4-1-3(6)2-5/h1-5H,(H,11,12)(H,13,14);3-6H,1-2H2. The predicted octanol–water partition coefficient (Wildman–Crippen LogP) is -0.442. The summed E-state index contributed by atoms with van der Waals surface area (Å²) in [5, 5.41) is 33.4. The number of rotatable bonds is 3. The number of carbonyl (C=O) groups is 1. The van der Waals surface area contributed by atoms with Crippen LogP contribution in [0.5, 0.6) is 0 Å². The Balaban J connectivity index is 0.000000286. The van der Waals surface area contributed by atoms with Crippen molar-refractivity contribution in [1.29, 1.82) is 0 Å². The molecule has 5 N–H and O–H groups in total. The van der Waals surface area contributed by atoms with Gasteiger partial charge in [-0.2, -0.15) is 0 Å². The van der Waals surface area contributed by atoms with Gasteiger partial charge in [-0.1, -0.05) is 18.2 Å². The summed E-state index contributed by atoms with van der Waals surface area (Å²) < 4.78 is 0. The summed E-state index contributed by atoms with van der Waals surface area (Å²) in [6.07, 6.45) is -0.954. The van der Waals surface area contributed by atoms with Gasteiger partial charge in [0.05, 0.1) is 13.2 Å². The van der Waals surface area contributed by atoms with Crippen LogP contribution >= 0.6 is 0 Å². The Labute approximate surface area is 113 Å². The quantitative estimate of drug-likeness (QED) is 0.518. The Hall–Kier alpha value is -2.22. The molecule has 0 saturated heterocycles. The van der Waals surface area contributed by atoms with E-state index in [-0.39, 0.29) is 18.8 Å². The normalized spacial score (nSPS) is 10.2. The highest BCUT2D eigenvalue weighted by Gasteiger charge is 2.08. The summed E-state index contributed by atoms with van der Waals surface area (Å²) in [7, 11) is 0. The molecule has 0 atom stereocenters. The van der Waals surface area contributed by atoms with Gasteiger partial charge in [-0.25, -0.2) is 4.79 Å². The van der Waals surface area contributed by atoms with Crippen LogP contribution in [-0.2, 0) is 0 Å². The third kappa shape index (κ3) is 4.16. The van der Waals surface area contributed by atoms with Gasteiger partial charge in [-0.15, -0.1) is 0 Å². The smallest absolute Gasteiger partial charge is 0.341 e. The largest absolute Gasteiger partial charge is 0.477 e. The Bertz CT molecular complexity index is 632. The van der Waals surface area contributed by atoms with E-state index >= 15 is 0 Å². The molecule has 0 aliphatic heterocycles. The lowest BCUT2D eigenvalue weighted by Gasteiger charge is -1.98. The van der Waals surface area contributed by atoms with Crippen LogP contribution in [0, 0.1) is 0 Å². The highest BCUT2D eigenvalue weighted by Crippen LogP contribution is 2.09. The zero-order chi connectivity index (χ0) is 15.1. The first-order valence-electron chi connectivity index (χ1n) is 5.74. The molecular formula is C13H15NO6. The van der Waals surface area contributed by atoms with Crippen molar-refractivity contribution >= 4 is 16.9 Å². The number of aromatic carboxylic acids is 1. The fourth-order valence-electron chi connectivity index (χ4n) is 1.36. The van der Waals surface area contributed by atoms with E-state index in [0.717, 1.165) is 0 Å². The highest BCUT2D eigenvalue weighted by atomic mass is 16.4. The van der Waals surface area contributed by atoms with Crippen molar-refractivity contribution in [1.82, 2.24) is 4.98 Å². The van der Waals surface area contributed by atoms with Crippen LogP contribution in [0.3, 0.4) is 0 Å². The molecule has 1 aromatic heterocycles. The van der Waals surface area contributed by atoms with Gasteiger partial charge in [0.1, 0.15) is 11.7 Å². The molecule has 1 heterocycles. The number of hydrogen-bond donors (Lipinski definition) is 5. The number of aliphatic hydroxyl groups excluding tert-OH is 3. The number of H-pyrrole nitrogens is 1. The number of nitrogens with one attached hydrogen (secondary N) is 1. The number of aromatic amines is 1. The van der Waals surface area contributed by atoms with E-state index in [2.05, 4.69) is 4.98 Å². The van der Waals surface area contributed by atoms with Crippen molar-refractivity contribution in [2.75, 3.05) is 13.2 Å². The molecule has 0 spiro atoms. The van der Waals surface area contributed by atoms with Gasteiger partial charge in [0.25, 0.3) is 5.56 Å². The molecule has 7 heteroatoms. The lowest BCUT2D eigenvalue weighted by Crippen LogP contribution is -2.16. The van der Waals surface area contributed by atoms with Gasteiger partial charge in [-0.05, 0) is 17.5 Å². The number of para-hydroxylation sites is 1. The minimum Gasteiger partial charge on any atom is -0.477 e. The zero-order valence-corrected chi connectivity index (χ0v) is 10.5. The molecule has 2 rings (SSSR count). The highest BCUT2D eigenvalue weighted by molar-refractivity contribution is 5.92. The number of aromatic nitrogens is 1. The van der Waals surface area contributed by atoms with E-state index in [1.165, 1.54) is 6.07 Å². The molecule has 0 radical (unpaired) electrons. The van der Waals surface area contributed by atoms with Crippen molar-refractivity contribution < 1.29 is 25.2 Å². The number of aliphatic hydroxyl groups is 3. The Morgan fingerprint density at radius 1 is 1.20 bits per heavy atom. The van der Waals surface area contributed by atoms with Crippen LogP contribution in [0.15, 0.2) is 35.1 Å². The topological polar surface area (TPSA) is 131 Å². The van der Waals surface area contributed by atoms with E-state index in [1.54, 1.807) is 24.3 Å². The van der Waals surface area contributed by atoms with Crippen LogP contribution < -0.4 is 5.56 Å². The number of hydrogen-bond acceptors (Lipinski definition) is 5. The summed E-state index contributed by atoms with van der Waals surface area (Å²) in [4.78, 5) is 24.4. The monoisotopic (exact) mass is 281 g/mol. The number of benzene rings is 1. The van der Waals surface area contributed by atoms with E-state index in [4.69, 9.17) is 20.4 Å². The van der Waals surface area contributed by atoms with Crippen LogP contribution in [0.2, 0.25) is 0 Å². The van der Waals surface area contributed by atoms with Gasteiger partial charge in [0.2, 0.25) is 0 Å². The molecular weight excluding hydrogens is 266 g/mol. The van der Waals surface area contributed by atoms with Gasteiger partial charge in [0.15, 0.2) is 0 Å². The number of carboxylic acid groups (broad SMARTS) is 1. The maximum atomic E-state index is 11.2. The van der Waals surface area contributed by atoms with Crippen molar-refractivity contribution in [2.24, 2.45) is 0 Å². The summed E-state index contributed by atoms with van der Waals surface area (Å²) in [5.74, 6) is -1.21. The maximum absolute atomic E-state index is 11.2. The third-order valence-corrected chi connectivity index (χ3v) is 2.41. The van der Waals surface area contributed by atoms with Gasteiger partial charge >= 0.3 is 5.97 Å². The van der Waals surface area contributed by atoms with E-state index in [0.29, 0.717) is 10.9 Å². The number of carboxylic acids is 1. The lowest BCUT2D eigenvalue weighted by molar-refractivity contribution is 0.0450. The van der Waals surface area contributed by atoms with Crippen molar-refractivity contribution in [2.45, 2.75) is 6.10 Å². The second-order valence-corrected chi connectivity index (χ2v) is 3.92. The molecule has 2 aromatic rings. The second-order valence-electron chi connectivity index (χ2n) is 3.92. The number of fused-ring (bicyclic) bond motifs is 1. The molecule has 0 saturated carbocycles. The molecule has 0 unspecified atom stereocenters. The Morgan fingerprint density at radius 2 is 1.80 bits per heavy atom. The summed E-state index contributed by atoms with van der Waals surface area (Å²) in [6.45, 7) is -0.729. The van der Waals surface area contributed by atoms with Crippen molar-refractivity contribution in [3.63, 3.8) is 0 Å². The second kappa shape index (κ2) is 7.39. The van der Waals surface area contributed by atoms with E-state index in [9.17, 15) is 9.59 Å². The summed E-state index contributed by atoms with van der Waals surface area (Å²) in [5.41, 5.74) is -0.164. The van der Waals surface area contributed by atoms with Gasteiger partial charge < -0.3 is 25.4 Å². The molecule has 108 valence electrons. The molecule has 1 aromatic carbocycles.